The van der Waals surface area contributed by atoms with Crippen molar-refractivity contribution in [3.8, 4) is 17.0 Å². The van der Waals surface area contributed by atoms with Crippen LogP contribution in [-0.4, -0.2) is 44.4 Å². The second-order valence-corrected chi connectivity index (χ2v) is 7.61. The highest BCUT2D eigenvalue weighted by Gasteiger charge is 2.42. The van der Waals surface area contributed by atoms with Gasteiger partial charge in [0.2, 0.25) is 0 Å². The number of H-pyrrole nitrogens is 1. The standard InChI is InChI=1S/C22H22ClN3O3/c1-3-13-4-6-14(7-5-13)21-18-19(15-11-16(23)12(2)10-17(15)28)24-25-20(18)22(29)26(21)8-9-27/h4-7,10-11,21,27-28H,3,8-9H2,1-2H3,(H,24,25)/t21-/m0/s1. The molecule has 2 aromatic carbocycles. The summed E-state index contributed by atoms with van der Waals surface area (Å²) in [5.41, 5.74) is 4.87. The minimum atomic E-state index is -0.413. The van der Waals surface area contributed by atoms with Gasteiger partial charge in [0.05, 0.1) is 12.6 Å². The molecule has 0 spiro atoms. The Labute approximate surface area is 173 Å². The molecule has 3 aromatic rings. The predicted octanol–water partition coefficient (Wildman–Crippen LogP) is 3.84. The predicted molar refractivity (Wildman–Crippen MR) is 111 cm³/mol. The number of β-amino-alcohol motifs (C(OH)–C–C–N with tert-alkyl or cyclic N) is 1. The summed E-state index contributed by atoms with van der Waals surface area (Å²) in [6.45, 7) is 3.94. The number of aliphatic hydroxyl groups excluding tert-OH is 1. The van der Waals surface area contributed by atoms with E-state index in [0.717, 1.165) is 17.5 Å². The van der Waals surface area contributed by atoms with Crippen molar-refractivity contribution in [2.45, 2.75) is 26.3 Å². The summed E-state index contributed by atoms with van der Waals surface area (Å²) in [4.78, 5) is 14.6. The first-order chi connectivity index (χ1) is 14.0. The Morgan fingerprint density at radius 1 is 1.24 bits per heavy atom. The molecule has 150 valence electrons. The molecule has 2 heterocycles. The number of nitrogens with zero attached hydrogens (tertiary/aromatic N) is 2. The third-order valence-corrected chi connectivity index (χ3v) is 5.85. The van der Waals surface area contributed by atoms with Gasteiger partial charge < -0.3 is 15.1 Å². The van der Waals surface area contributed by atoms with Gasteiger partial charge in [-0.3, -0.25) is 9.89 Å². The van der Waals surface area contributed by atoms with E-state index in [1.807, 2.05) is 31.2 Å². The number of aromatic amines is 1. The van der Waals surface area contributed by atoms with Crippen molar-refractivity contribution >= 4 is 17.5 Å². The van der Waals surface area contributed by atoms with Crippen LogP contribution in [0.15, 0.2) is 36.4 Å². The first-order valence-electron chi connectivity index (χ1n) is 9.54. The minimum absolute atomic E-state index is 0.0503. The monoisotopic (exact) mass is 411 g/mol. The van der Waals surface area contributed by atoms with Gasteiger partial charge in [0.25, 0.3) is 5.91 Å². The fourth-order valence-corrected chi connectivity index (χ4v) is 4.04. The Hall–Kier alpha value is -2.83. The highest BCUT2D eigenvalue weighted by Crippen LogP contribution is 2.45. The number of aryl methyl sites for hydroxylation is 2. The molecule has 1 aliphatic heterocycles. The zero-order chi connectivity index (χ0) is 20.7. The average molecular weight is 412 g/mol. The van der Waals surface area contributed by atoms with Crippen LogP contribution >= 0.6 is 11.6 Å². The molecule has 0 bridgehead atoms. The number of amides is 1. The molecular weight excluding hydrogens is 390 g/mol. The summed E-state index contributed by atoms with van der Waals surface area (Å²) in [5.74, 6) is -0.176. The maximum atomic E-state index is 13.0. The van der Waals surface area contributed by atoms with Crippen LogP contribution in [0.25, 0.3) is 11.3 Å². The molecule has 0 radical (unpaired) electrons. The molecule has 1 atom stereocenters. The molecule has 0 unspecified atom stereocenters. The van der Waals surface area contributed by atoms with Crippen LogP contribution in [0.2, 0.25) is 5.02 Å². The Morgan fingerprint density at radius 2 is 1.97 bits per heavy atom. The van der Waals surface area contributed by atoms with Crippen LogP contribution in [-0.2, 0) is 6.42 Å². The lowest BCUT2D eigenvalue weighted by Crippen LogP contribution is -2.32. The van der Waals surface area contributed by atoms with E-state index in [1.54, 1.807) is 17.0 Å². The lowest BCUT2D eigenvalue weighted by molar-refractivity contribution is 0.0706. The second kappa shape index (κ2) is 7.54. The number of carbonyl (C=O) groups is 1. The number of aliphatic hydroxyl groups is 1. The highest BCUT2D eigenvalue weighted by molar-refractivity contribution is 6.31. The van der Waals surface area contributed by atoms with Gasteiger partial charge in [-0.1, -0.05) is 42.8 Å². The maximum Gasteiger partial charge on any atom is 0.273 e. The van der Waals surface area contributed by atoms with Gasteiger partial charge in [-0.2, -0.15) is 5.10 Å². The van der Waals surface area contributed by atoms with E-state index < -0.39 is 6.04 Å². The summed E-state index contributed by atoms with van der Waals surface area (Å²) in [5, 5.41) is 27.7. The van der Waals surface area contributed by atoms with Gasteiger partial charge in [-0.25, -0.2) is 0 Å². The molecule has 29 heavy (non-hydrogen) atoms. The lowest BCUT2D eigenvalue weighted by atomic mass is 9.94. The Bertz CT molecular complexity index is 1080. The Balaban J connectivity index is 1.90. The smallest absolute Gasteiger partial charge is 0.273 e. The van der Waals surface area contributed by atoms with Crippen LogP contribution < -0.4 is 0 Å². The number of hydrogen-bond donors (Lipinski definition) is 3. The van der Waals surface area contributed by atoms with E-state index in [-0.39, 0.29) is 24.8 Å². The zero-order valence-electron chi connectivity index (χ0n) is 16.2. The third kappa shape index (κ3) is 3.18. The normalized spacial score (nSPS) is 15.8. The van der Waals surface area contributed by atoms with Crippen molar-refractivity contribution < 1.29 is 15.0 Å². The van der Waals surface area contributed by atoms with Crippen LogP contribution in [0.5, 0.6) is 5.75 Å². The maximum absolute atomic E-state index is 13.0. The third-order valence-electron chi connectivity index (χ3n) is 5.44. The van der Waals surface area contributed by atoms with Crippen molar-refractivity contribution in [3.05, 3.63) is 69.4 Å². The molecule has 1 aliphatic rings. The molecule has 0 saturated carbocycles. The van der Waals surface area contributed by atoms with Crippen LogP contribution in [0.1, 0.15) is 45.7 Å². The molecule has 7 heteroatoms. The Kier molecular flexibility index (Phi) is 5.06. The van der Waals surface area contributed by atoms with Crippen molar-refractivity contribution in [2.24, 2.45) is 0 Å². The first kappa shape index (κ1) is 19.5. The van der Waals surface area contributed by atoms with Crippen molar-refractivity contribution in [3.63, 3.8) is 0 Å². The summed E-state index contributed by atoms with van der Waals surface area (Å²) in [7, 11) is 0. The van der Waals surface area contributed by atoms with E-state index in [4.69, 9.17) is 11.6 Å². The number of hydrogen-bond acceptors (Lipinski definition) is 4. The summed E-state index contributed by atoms with van der Waals surface area (Å²) >= 11 is 6.29. The number of aromatic hydroxyl groups is 1. The lowest BCUT2D eigenvalue weighted by Gasteiger charge is -2.26. The number of nitrogens with one attached hydrogen (secondary N) is 1. The van der Waals surface area contributed by atoms with Gasteiger partial charge >= 0.3 is 0 Å². The largest absolute Gasteiger partial charge is 0.507 e. The van der Waals surface area contributed by atoms with Crippen LogP contribution in [0, 0.1) is 6.92 Å². The quantitative estimate of drug-likeness (QED) is 0.595. The van der Waals surface area contributed by atoms with Crippen molar-refractivity contribution in [2.75, 3.05) is 13.2 Å². The summed E-state index contributed by atoms with van der Waals surface area (Å²) in [6.07, 6.45) is 0.919. The zero-order valence-corrected chi connectivity index (χ0v) is 17.0. The number of carbonyl (C=O) groups excluding carboxylic acids is 1. The molecule has 3 N–H and O–H groups in total. The Morgan fingerprint density at radius 3 is 2.62 bits per heavy atom. The van der Waals surface area contributed by atoms with Gasteiger partial charge in [0, 0.05) is 22.7 Å². The number of phenols is 1. The molecule has 0 saturated heterocycles. The number of phenolic OH excluding ortho intramolecular Hbond substituents is 1. The van der Waals surface area contributed by atoms with Crippen LogP contribution in [0.3, 0.4) is 0 Å². The summed E-state index contributed by atoms with van der Waals surface area (Å²) in [6, 6.07) is 10.9. The molecular formula is C22H22ClN3O3. The molecule has 1 amide bonds. The number of rotatable bonds is 5. The summed E-state index contributed by atoms with van der Waals surface area (Å²) < 4.78 is 0. The van der Waals surface area contributed by atoms with Crippen molar-refractivity contribution in [1.82, 2.24) is 15.1 Å². The van der Waals surface area contributed by atoms with Gasteiger partial charge in [0.15, 0.2) is 0 Å². The van der Waals surface area contributed by atoms with E-state index in [2.05, 4.69) is 17.1 Å². The minimum Gasteiger partial charge on any atom is -0.507 e. The molecule has 1 aromatic heterocycles. The van der Waals surface area contributed by atoms with Gasteiger partial charge in [0.1, 0.15) is 17.1 Å². The van der Waals surface area contributed by atoms with E-state index in [9.17, 15) is 15.0 Å². The topological polar surface area (TPSA) is 89.5 Å². The van der Waals surface area contributed by atoms with E-state index in [1.165, 1.54) is 5.56 Å². The number of aromatic nitrogens is 2. The SMILES string of the molecule is CCc1ccc([C@H]2c3c(-c4cc(Cl)c(C)cc4O)n[nH]c3C(=O)N2CCO)cc1. The van der Waals surface area contributed by atoms with E-state index in [0.29, 0.717) is 27.5 Å². The molecule has 0 fully saturated rings. The first-order valence-corrected chi connectivity index (χ1v) is 9.92. The number of benzene rings is 2. The van der Waals surface area contributed by atoms with Crippen molar-refractivity contribution in [1.29, 1.82) is 0 Å². The number of halogens is 1. The van der Waals surface area contributed by atoms with E-state index >= 15 is 0 Å². The van der Waals surface area contributed by atoms with Gasteiger partial charge in [-0.05, 0) is 42.2 Å². The molecule has 6 nitrogen and oxygen atoms in total. The second-order valence-electron chi connectivity index (χ2n) is 7.20. The highest BCUT2D eigenvalue weighted by atomic mass is 35.5. The fraction of sp³-hybridized carbons (Fsp3) is 0.273. The average Bonchev–Trinajstić information content (AvgIpc) is 3.25. The number of fused-ring (bicyclic) bond motifs is 1. The fourth-order valence-electron chi connectivity index (χ4n) is 3.88. The van der Waals surface area contributed by atoms with Crippen LogP contribution in [0.4, 0.5) is 0 Å². The van der Waals surface area contributed by atoms with Gasteiger partial charge in [-0.15, -0.1) is 0 Å². The molecule has 4 rings (SSSR count). The molecule has 0 aliphatic carbocycles.